The lowest BCUT2D eigenvalue weighted by Crippen LogP contribution is -2.50. The normalized spacial score (nSPS) is 22.9. The van der Waals surface area contributed by atoms with Crippen molar-refractivity contribution in [3.8, 4) is 0 Å². The van der Waals surface area contributed by atoms with Crippen LogP contribution in [0.4, 0.5) is 0 Å². The van der Waals surface area contributed by atoms with Crippen LogP contribution in [0.1, 0.15) is 40.0 Å². The molecule has 1 aliphatic heterocycles. The Morgan fingerprint density at radius 1 is 1.47 bits per heavy atom. The van der Waals surface area contributed by atoms with Crippen LogP contribution >= 0.6 is 0 Å². The van der Waals surface area contributed by atoms with Gasteiger partial charge in [-0.15, -0.1) is 0 Å². The Hall–Kier alpha value is -0.390. The summed E-state index contributed by atoms with van der Waals surface area (Å²) in [5.41, 5.74) is 0.875. The molecule has 0 spiro atoms. The minimum atomic E-state index is -3.31. The maximum Gasteiger partial charge on any atom is 0.282 e. The van der Waals surface area contributed by atoms with E-state index in [0.717, 1.165) is 24.8 Å². The second kappa shape index (κ2) is 5.98. The van der Waals surface area contributed by atoms with Crippen LogP contribution in [0.25, 0.3) is 0 Å². The SMILES string of the molecule is C=C(C)CN(CC)S(=O)(=O)N1CCCCC1C. The van der Waals surface area contributed by atoms with Crippen LogP contribution in [0, 0.1) is 0 Å². The first-order chi connectivity index (χ1) is 7.89. The van der Waals surface area contributed by atoms with E-state index >= 15 is 0 Å². The maximum atomic E-state index is 12.5. The molecule has 0 aromatic carbocycles. The van der Waals surface area contributed by atoms with Gasteiger partial charge < -0.3 is 0 Å². The standard InChI is InChI=1S/C12H24N2O2S/c1-5-13(10-11(2)3)17(15,16)14-9-7-6-8-12(14)4/h12H,2,5-10H2,1,3-4H3. The molecule has 17 heavy (non-hydrogen) atoms. The van der Waals surface area contributed by atoms with E-state index in [9.17, 15) is 8.42 Å². The second-order valence-electron chi connectivity index (χ2n) is 4.85. The molecular weight excluding hydrogens is 236 g/mol. The highest BCUT2D eigenvalue weighted by atomic mass is 32.2. The van der Waals surface area contributed by atoms with Crippen LogP contribution in [-0.2, 0) is 10.2 Å². The smallest absolute Gasteiger partial charge is 0.195 e. The van der Waals surface area contributed by atoms with Crippen molar-refractivity contribution in [1.29, 1.82) is 0 Å². The molecule has 1 unspecified atom stereocenters. The van der Waals surface area contributed by atoms with Gasteiger partial charge in [-0.25, -0.2) is 0 Å². The Labute approximate surface area is 105 Å². The number of likely N-dealkylation sites (N-methyl/N-ethyl adjacent to an activating group) is 1. The van der Waals surface area contributed by atoms with E-state index in [0.29, 0.717) is 19.6 Å². The quantitative estimate of drug-likeness (QED) is 0.709. The number of piperidine rings is 1. The minimum absolute atomic E-state index is 0.118. The van der Waals surface area contributed by atoms with Crippen LogP contribution in [0.5, 0.6) is 0 Å². The third-order valence-corrected chi connectivity index (χ3v) is 5.34. The number of rotatable bonds is 5. The molecule has 0 radical (unpaired) electrons. The Morgan fingerprint density at radius 3 is 2.59 bits per heavy atom. The van der Waals surface area contributed by atoms with Crippen LogP contribution in [-0.4, -0.2) is 42.7 Å². The van der Waals surface area contributed by atoms with Gasteiger partial charge in [0.05, 0.1) is 0 Å². The molecule has 0 bridgehead atoms. The lowest BCUT2D eigenvalue weighted by molar-refractivity contribution is 0.248. The largest absolute Gasteiger partial charge is 0.282 e. The predicted molar refractivity (Wildman–Crippen MR) is 71.0 cm³/mol. The zero-order valence-electron chi connectivity index (χ0n) is 11.1. The minimum Gasteiger partial charge on any atom is -0.195 e. The third kappa shape index (κ3) is 3.53. The van der Waals surface area contributed by atoms with Gasteiger partial charge in [0.1, 0.15) is 0 Å². The van der Waals surface area contributed by atoms with Crippen molar-refractivity contribution < 1.29 is 8.42 Å². The van der Waals surface area contributed by atoms with Crippen LogP contribution < -0.4 is 0 Å². The van der Waals surface area contributed by atoms with Crippen molar-refractivity contribution in [2.24, 2.45) is 0 Å². The van der Waals surface area contributed by atoms with Crippen molar-refractivity contribution in [3.05, 3.63) is 12.2 Å². The maximum absolute atomic E-state index is 12.5. The van der Waals surface area contributed by atoms with Crippen molar-refractivity contribution in [2.75, 3.05) is 19.6 Å². The molecule has 1 heterocycles. The first-order valence-corrected chi connectivity index (χ1v) is 7.70. The van der Waals surface area contributed by atoms with Gasteiger partial charge in [0.2, 0.25) is 0 Å². The van der Waals surface area contributed by atoms with E-state index in [1.54, 1.807) is 4.31 Å². The fourth-order valence-corrected chi connectivity index (χ4v) is 4.15. The summed E-state index contributed by atoms with van der Waals surface area (Å²) in [6, 6.07) is 0.118. The van der Waals surface area contributed by atoms with Crippen molar-refractivity contribution in [1.82, 2.24) is 8.61 Å². The summed E-state index contributed by atoms with van der Waals surface area (Å²) < 4.78 is 28.1. The molecule has 0 amide bonds. The lowest BCUT2D eigenvalue weighted by Gasteiger charge is -2.36. The van der Waals surface area contributed by atoms with Crippen molar-refractivity contribution >= 4 is 10.2 Å². The van der Waals surface area contributed by atoms with Gasteiger partial charge >= 0.3 is 0 Å². The monoisotopic (exact) mass is 260 g/mol. The molecule has 0 aliphatic carbocycles. The van der Waals surface area contributed by atoms with E-state index in [-0.39, 0.29) is 6.04 Å². The van der Waals surface area contributed by atoms with E-state index in [4.69, 9.17) is 0 Å². The molecule has 0 saturated carbocycles. The lowest BCUT2D eigenvalue weighted by atomic mass is 10.1. The number of nitrogens with zero attached hydrogens (tertiary/aromatic N) is 2. The third-order valence-electron chi connectivity index (χ3n) is 3.16. The molecule has 1 saturated heterocycles. The highest BCUT2D eigenvalue weighted by Crippen LogP contribution is 2.22. The Bertz CT molecular complexity index is 365. The summed E-state index contributed by atoms with van der Waals surface area (Å²) in [5, 5.41) is 0. The van der Waals surface area contributed by atoms with Gasteiger partial charge in [-0.1, -0.05) is 25.5 Å². The first kappa shape index (κ1) is 14.7. The van der Waals surface area contributed by atoms with Gasteiger partial charge in [-0.05, 0) is 26.7 Å². The zero-order valence-corrected chi connectivity index (χ0v) is 12.0. The highest BCUT2D eigenvalue weighted by Gasteiger charge is 2.33. The van der Waals surface area contributed by atoms with Crippen LogP contribution in [0.3, 0.4) is 0 Å². The van der Waals surface area contributed by atoms with E-state index in [1.165, 1.54) is 4.31 Å². The zero-order chi connectivity index (χ0) is 13.1. The second-order valence-corrected chi connectivity index (χ2v) is 6.73. The van der Waals surface area contributed by atoms with Gasteiger partial charge in [-0.2, -0.15) is 17.0 Å². The first-order valence-electron chi connectivity index (χ1n) is 6.31. The fraction of sp³-hybridized carbons (Fsp3) is 0.833. The highest BCUT2D eigenvalue weighted by molar-refractivity contribution is 7.86. The summed E-state index contributed by atoms with van der Waals surface area (Å²) in [6.07, 6.45) is 3.05. The predicted octanol–water partition coefficient (Wildman–Crippen LogP) is 2.00. The fourth-order valence-electron chi connectivity index (χ4n) is 2.22. The Kier molecular flexibility index (Phi) is 5.16. The molecule has 1 fully saturated rings. The van der Waals surface area contributed by atoms with Gasteiger partial charge in [0, 0.05) is 25.7 Å². The van der Waals surface area contributed by atoms with Crippen LogP contribution in [0.2, 0.25) is 0 Å². The molecule has 100 valence electrons. The number of hydrogen-bond donors (Lipinski definition) is 0. The Balaban J connectivity index is 2.86. The molecule has 0 N–H and O–H groups in total. The topological polar surface area (TPSA) is 40.6 Å². The molecule has 1 rings (SSSR count). The molecular formula is C12H24N2O2S. The average Bonchev–Trinajstić information content (AvgIpc) is 2.25. The summed E-state index contributed by atoms with van der Waals surface area (Å²) in [4.78, 5) is 0. The molecule has 1 aliphatic rings. The number of hydrogen-bond acceptors (Lipinski definition) is 2. The van der Waals surface area contributed by atoms with Gasteiger partial charge in [-0.3, -0.25) is 0 Å². The van der Waals surface area contributed by atoms with Crippen molar-refractivity contribution in [2.45, 2.75) is 46.1 Å². The van der Waals surface area contributed by atoms with Crippen LogP contribution in [0.15, 0.2) is 12.2 Å². The molecule has 0 aromatic rings. The van der Waals surface area contributed by atoms with Gasteiger partial charge in [0.15, 0.2) is 0 Å². The summed E-state index contributed by atoms with van der Waals surface area (Å²) in [5.74, 6) is 0. The summed E-state index contributed by atoms with van der Waals surface area (Å²) in [7, 11) is -3.31. The van der Waals surface area contributed by atoms with E-state index in [1.807, 2.05) is 20.8 Å². The molecule has 1 atom stereocenters. The van der Waals surface area contributed by atoms with E-state index in [2.05, 4.69) is 6.58 Å². The molecule has 0 aromatic heterocycles. The Morgan fingerprint density at radius 2 is 2.12 bits per heavy atom. The summed E-state index contributed by atoms with van der Waals surface area (Å²) >= 11 is 0. The van der Waals surface area contributed by atoms with Crippen molar-refractivity contribution in [3.63, 3.8) is 0 Å². The summed E-state index contributed by atoms with van der Waals surface area (Å²) in [6.45, 7) is 11.1. The molecule has 4 nitrogen and oxygen atoms in total. The average molecular weight is 260 g/mol. The van der Waals surface area contributed by atoms with E-state index < -0.39 is 10.2 Å². The van der Waals surface area contributed by atoms with Gasteiger partial charge in [0.25, 0.3) is 10.2 Å². The molecule has 5 heteroatoms.